The standard InChI is InChI=1S/C25H26N2O7S/c1-14-7-9-16(10-8-14)35(29,30)27-26-25-15(2)23(17-5-4-6-19(31-3)24(17)28)18-11-21-22(33-13-32-21)12-20(18)34-25/h4-12,15,23,25-28H,13H2,1-3H3/t15-,23+,25-/m0/s1. The van der Waals surface area contributed by atoms with E-state index in [9.17, 15) is 13.5 Å². The second kappa shape index (κ2) is 8.95. The maximum absolute atomic E-state index is 12.9. The number of benzene rings is 3. The molecule has 0 spiro atoms. The van der Waals surface area contributed by atoms with Gasteiger partial charge in [0, 0.05) is 29.0 Å². The van der Waals surface area contributed by atoms with Gasteiger partial charge in [0.1, 0.15) is 5.75 Å². The van der Waals surface area contributed by atoms with Crippen molar-refractivity contribution in [3.8, 4) is 28.7 Å². The van der Waals surface area contributed by atoms with Crippen LogP contribution in [0.3, 0.4) is 0 Å². The van der Waals surface area contributed by atoms with Gasteiger partial charge < -0.3 is 24.1 Å². The minimum Gasteiger partial charge on any atom is -0.504 e. The molecule has 2 aliphatic rings. The Labute approximate surface area is 203 Å². The number of phenolic OH excluding ortho intramolecular Hbond substituents is 1. The first-order chi connectivity index (χ1) is 16.8. The van der Waals surface area contributed by atoms with Crippen LogP contribution in [-0.2, 0) is 10.0 Å². The third-order valence-electron chi connectivity index (χ3n) is 6.35. The molecule has 0 bridgehead atoms. The number of fused-ring (bicyclic) bond motifs is 2. The van der Waals surface area contributed by atoms with Crippen molar-refractivity contribution in [3.05, 3.63) is 71.3 Å². The first-order valence-corrected chi connectivity index (χ1v) is 12.6. The highest BCUT2D eigenvalue weighted by Gasteiger charge is 2.40. The first kappa shape index (κ1) is 23.3. The van der Waals surface area contributed by atoms with Gasteiger partial charge in [-0.3, -0.25) is 0 Å². The maximum Gasteiger partial charge on any atom is 0.253 e. The van der Waals surface area contributed by atoms with E-state index in [2.05, 4.69) is 10.3 Å². The molecule has 0 fully saturated rings. The molecular formula is C25H26N2O7S. The van der Waals surface area contributed by atoms with Crippen LogP contribution in [0.1, 0.15) is 29.5 Å². The summed E-state index contributed by atoms with van der Waals surface area (Å²) < 4.78 is 48.3. The Kier molecular flexibility index (Phi) is 5.96. The summed E-state index contributed by atoms with van der Waals surface area (Å²) in [5.74, 6) is 1.27. The lowest BCUT2D eigenvalue weighted by Gasteiger charge is -2.38. The highest BCUT2D eigenvalue weighted by atomic mass is 32.2. The fourth-order valence-corrected chi connectivity index (χ4v) is 5.35. The zero-order valence-corrected chi connectivity index (χ0v) is 20.3. The predicted molar refractivity (Wildman–Crippen MR) is 127 cm³/mol. The number of hydrogen-bond donors (Lipinski definition) is 3. The lowest BCUT2D eigenvalue weighted by atomic mass is 9.78. The van der Waals surface area contributed by atoms with Crippen LogP contribution in [0, 0.1) is 12.8 Å². The van der Waals surface area contributed by atoms with Gasteiger partial charge in [-0.15, -0.1) is 4.83 Å². The smallest absolute Gasteiger partial charge is 0.253 e. The molecule has 3 aromatic carbocycles. The van der Waals surface area contributed by atoms with E-state index in [-0.39, 0.29) is 29.3 Å². The molecule has 0 aliphatic carbocycles. The van der Waals surface area contributed by atoms with Gasteiger partial charge in [-0.2, -0.15) is 0 Å². The molecule has 9 nitrogen and oxygen atoms in total. The fourth-order valence-electron chi connectivity index (χ4n) is 4.46. The van der Waals surface area contributed by atoms with Gasteiger partial charge in [-0.25, -0.2) is 13.8 Å². The first-order valence-electron chi connectivity index (χ1n) is 11.1. The fraction of sp³-hybridized carbons (Fsp3) is 0.280. The summed E-state index contributed by atoms with van der Waals surface area (Å²) in [6, 6.07) is 15.4. The number of hydrazine groups is 1. The van der Waals surface area contributed by atoms with Crippen LogP contribution in [0.2, 0.25) is 0 Å². The molecule has 184 valence electrons. The highest BCUT2D eigenvalue weighted by molar-refractivity contribution is 7.89. The van der Waals surface area contributed by atoms with Gasteiger partial charge in [-0.05, 0) is 31.2 Å². The van der Waals surface area contributed by atoms with Gasteiger partial charge in [0.05, 0.1) is 12.0 Å². The van der Waals surface area contributed by atoms with Crippen molar-refractivity contribution in [2.45, 2.75) is 30.9 Å². The van der Waals surface area contributed by atoms with Crippen LogP contribution in [-0.4, -0.2) is 33.7 Å². The van der Waals surface area contributed by atoms with Crippen molar-refractivity contribution in [1.29, 1.82) is 0 Å². The summed E-state index contributed by atoms with van der Waals surface area (Å²) >= 11 is 0. The van der Waals surface area contributed by atoms with Crippen LogP contribution in [0.15, 0.2) is 59.5 Å². The zero-order chi connectivity index (χ0) is 24.7. The van der Waals surface area contributed by atoms with E-state index < -0.39 is 16.3 Å². The molecule has 3 atom stereocenters. The SMILES string of the molecule is COc1cccc([C@@H]2c3cc4c(cc3O[C@H](NNS(=O)(=O)c3ccc(C)cc3)[C@H]2C)OCO4)c1O. The molecule has 2 heterocycles. The van der Waals surface area contributed by atoms with Crippen molar-refractivity contribution in [2.24, 2.45) is 5.92 Å². The molecule has 5 rings (SSSR count). The Hall–Kier alpha value is -3.47. The van der Waals surface area contributed by atoms with Crippen LogP contribution in [0.5, 0.6) is 28.7 Å². The van der Waals surface area contributed by atoms with Gasteiger partial charge in [0.2, 0.25) is 6.79 Å². The van der Waals surface area contributed by atoms with Gasteiger partial charge >= 0.3 is 0 Å². The summed E-state index contributed by atoms with van der Waals surface area (Å²) in [5, 5.41) is 10.9. The average molecular weight is 499 g/mol. The predicted octanol–water partition coefficient (Wildman–Crippen LogP) is 3.41. The molecular weight excluding hydrogens is 472 g/mol. The third-order valence-corrected chi connectivity index (χ3v) is 7.63. The topological polar surface area (TPSA) is 115 Å². The Morgan fingerprint density at radius 3 is 2.43 bits per heavy atom. The summed E-state index contributed by atoms with van der Waals surface area (Å²) in [6.07, 6.45) is -0.765. The van der Waals surface area contributed by atoms with E-state index in [0.717, 1.165) is 11.1 Å². The van der Waals surface area contributed by atoms with Crippen molar-refractivity contribution in [2.75, 3.05) is 13.9 Å². The molecule has 0 saturated carbocycles. The largest absolute Gasteiger partial charge is 0.504 e. The van der Waals surface area contributed by atoms with Gasteiger partial charge in [-0.1, -0.05) is 36.8 Å². The average Bonchev–Trinajstić information content (AvgIpc) is 3.30. The molecule has 10 heteroatoms. The van der Waals surface area contributed by atoms with E-state index in [0.29, 0.717) is 28.6 Å². The van der Waals surface area contributed by atoms with Gasteiger partial charge in [0.25, 0.3) is 10.0 Å². The normalized spacial score (nSPS) is 20.7. The number of aromatic hydroxyl groups is 1. The third kappa shape index (κ3) is 4.24. The van der Waals surface area contributed by atoms with Crippen molar-refractivity contribution < 1.29 is 32.5 Å². The Bertz CT molecular complexity index is 1360. The number of ether oxygens (including phenoxy) is 4. The van der Waals surface area contributed by atoms with Crippen LogP contribution in [0.25, 0.3) is 0 Å². The number of para-hydroxylation sites is 1. The van der Waals surface area contributed by atoms with E-state index in [1.165, 1.54) is 19.2 Å². The quantitative estimate of drug-likeness (QED) is 0.443. The van der Waals surface area contributed by atoms with E-state index in [4.69, 9.17) is 18.9 Å². The number of rotatable bonds is 6. The number of sulfonamides is 1. The summed E-state index contributed by atoms with van der Waals surface area (Å²) in [5.41, 5.74) is 5.19. The van der Waals surface area contributed by atoms with Gasteiger partial charge in [0.15, 0.2) is 29.2 Å². The molecule has 3 N–H and O–H groups in total. The Morgan fingerprint density at radius 2 is 1.71 bits per heavy atom. The van der Waals surface area contributed by atoms with E-state index in [1.807, 2.05) is 26.0 Å². The summed E-state index contributed by atoms with van der Waals surface area (Å²) in [4.78, 5) is 2.57. The minimum absolute atomic E-state index is 0.0105. The number of nitrogens with one attached hydrogen (secondary N) is 2. The number of phenols is 1. The van der Waals surface area contributed by atoms with Crippen LogP contribution >= 0.6 is 0 Å². The van der Waals surface area contributed by atoms with Crippen LogP contribution < -0.4 is 29.2 Å². The lowest BCUT2D eigenvalue weighted by Crippen LogP contribution is -2.52. The minimum atomic E-state index is -3.84. The zero-order valence-electron chi connectivity index (χ0n) is 19.4. The number of aryl methyl sites for hydroxylation is 1. The second-order valence-electron chi connectivity index (χ2n) is 8.58. The molecule has 0 aromatic heterocycles. The number of methoxy groups -OCH3 is 1. The Morgan fingerprint density at radius 1 is 1.00 bits per heavy atom. The molecule has 0 unspecified atom stereocenters. The molecule has 0 saturated heterocycles. The van der Waals surface area contributed by atoms with E-state index >= 15 is 0 Å². The molecule has 3 aromatic rings. The monoisotopic (exact) mass is 498 g/mol. The Balaban J connectivity index is 1.51. The molecule has 2 aliphatic heterocycles. The molecule has 0 radical (unpaired) electrons. The van der Waals surface area contributed by atoms with E-state index in [1.54, 1.807) is 30.3 Å². The maximum atomic E-state index is 12.9. The van der Waals surface area contributed by atoms with Crippen molar-refractivity contribution in [3.63, 3.8) is 0 Å². The van der Waals surface area contributed by atoms with Crippen molar-refractivity contribution in [1.82, 2.24) is 10.3 Å². The molecule has 35 heavy (non-hydrogen) atoms. The highest BCUT2D eigenvalue weighted by Crippen LogP contribution is 2.51. The summed E-state index contributed by atoms with van der Waals surface area (Å²) in [6.45, 7) is 3.90. The van der Waals surface area contributed by atoms with Crippen molar-refractivity contribution >= 4 is 10.0 Å². The number of hydrogen-bond acceptors (Lipinski definition) is 8. The van der Waals surface area contributed by atoms with Crippen LogP contribution in [0.4, 0.5) is 0 Å². The lowest BCUT2D eigenvalue weighted by molar-refractivity contribution is 0.0732. The molecule has 0 amide bonds. The summed E-state index contributed by atoms with van der Waals surface area (Å²) in [7, 11) is -2.35. The second-order valence-corrected chi connectivity index (χ2v) is 10.3.